The van der Waals surface area contributed by atoms with E-state index >= 15 is 0 Å². The van der Waals surface area contributed by atoms with Crippen LogP contribution in [0.15, 0.2) is 60.8 Å². The molecule has 0 radical (unpaired) electrons. The number of amides is 3. The lowest BCUT2D eigenvalue weighted by atomic mass is 9.80. The van der Waals surface area contributed by atoms with Crippen LogP contribution in [0.5, 0.6) is 0 Å². The van der Waals surface area contributed by atoms with Crippen LogP contribution in [0.25, 0.3) is 4.85 Å². The van der Waals surface area contributed by atoms with Gasteiger partial charge < -0.3 is 15.6 Å². The average molecular weight is 490 g/mol. The standard InChI is InChI=1S/C26H21F2N5O3/c1-29-21-13-26(17-7-2-3-8-19(17)32-25(26)36)14-33(21)24(35)20(12-15-5-4-6-16(27)11-15)31-23(34)22-18(28)9-10-30-22/h1-11,20-21H,12-14H2,(H2-,30,31,32,34,36)/p+1/t20-,21-,26-/m0/s1. The molecule has 3 aromatic rings. The molecule has 0 bridgehead atoms. The molecule has 1 fully saturated rings. The third-order valence-corrected chi connectivity index (χ3v) is 6.77. The lowest BCUT2D eigenvalue weighted by Crippen LogP contribution is -2.51. The number of halogens is 2. The van der Waals surface area contributed by atoms with Gasteiger partial charge in [0, 0.05) is 24.8 Å². The molecule has 182 valence electrons. The van der Waals surface area contributed by atoms with Crippen LogP contribution < -0.4 is 10.6 Å². The van der Waals surface area contributed by atoms with Crippen LogP contribution in [0.4, 0.5) is 14.5 Å². The number of aromatic nitrogens is 1. The van der Waals surface area contributed by atoms with E-state index in [1.807, 2.05) is 6.07 Å². The summed E-state index contributed by atoms with van der Waals surface area (Å²) in [5.74, 6) is -2.97. The van der Waals surface area contributed by atoms with Gasteiger partial charge in [0.05, 0.1) is 6.42 Å². The summed E-state index contributed by atoms with van der Waals surface area (Å²) in [6.07, 6.45) is 0.499. The van der Waals surface area contributed by atoms with Gasteiger partial charge in [0.15, 0.2) is 5.82 Å². The molecule has 2 aliphatic heterocycles. The minimum Gasteiger partial charge on any atom is -0.355 e. The number of anilines is 1. The van der Waals surface area contributed by atoms with Gasteiger partial charge in [0.2, 0.25) is 5.91 Å². The third kappa shape index (κ3) is 3.88. The molecule has 1 saturated heterocycles. The number of carbonyl (C=O) groups excluding carboxylic acids is 3. The number of hydrogen-bond acceptors (Lipinski definition) is 3. The lowest BCUT2D eigenvalue weighted by Gasteiger charge is -2.25. The summed E-state index contributed by atoms with van der Waals surface area (Å²) >= 11 is 0. The zero-order valence-corrected chi connectivity index (χ0v) is 19.0. The lowest BCUT2D eigenvalue weighted by molar-refractivity contribution is -0.133. The highest BCUT2D eigenvalue weighted by Crippen LogP contribution is 2.46. The zero-order chi connectivity index (χ0) is 25.4. The van der Waals surface area contributed by atoms with Crippen molar-refractivity contribution < 1.29 is 23.2 Å². The van der Waals surface area contributed by atoms with Crippen molar-refractivity contribution in [2.45, 2.75) is 30.5 Å². The monoisotopic (exact) mass is 490 g/mol. The first-order chi connectivity index (χ1) is 17.3. The van der Waals surface area contributed by atoms with Crippen molar-refractivity contribution in [2.75, 3.05) is 11.9 Å². The Balaban J connectivity index is 1.47. The van der Waals surface area contributed by atoms with Gasteiger partial charge in [-0.2, -0.15) is 0 Å². The van der Waals surface area contributed by atoms with E-state index in [0.717, 1.165) is 11.6 Å². The maximum atomic E-state index is 14.0. The molecule has 3 N–H and O–H groups in total. The number of benzene rings is 2. The highest BCUT2D eigenvalue weighted by atomic mass is 19.1. The van der Waals surface area contributed by atoms with E-state index in [4.69, 9.17) is 6.57 Å². The van der Waals surface area contributed by atoms with Gasteiger partial charge in [-0.1, -0.05) is 35.2 Å². The Kier molecular flexibility index (Phi) is 5.76. The number of nitrogens with one attached hydrogen (secondary N) is 3. The fraction of sp³-hybridized carbons (Fsp3) is 0.231. The smallest absolute Gasteiger partial charge is 0.350 e. The van der Waals surface area contributed by atoms with E-state index in [1.165, 1.54) is 29.3 Å². The fourth-order valence-electron chi connectivity index (χ4n) is 5.03. The largest absolute Gasteiger partial charge is 0.355 e. The van der Waals surface area contributed by atoms with Gasteiger partial charge in [-0.05, 0) is 35.4 Å². The predicted octanol–water partition coefficient (Wildman–Crippen LogP) is 3.05. The molecule has 36 heavy (non-hydrogen) atoms. The minimum atomic E-state index is -1.21. The first-order valence-corrected chi connectivity index (χ1v) is 11.3. The molecular weight excluding hydrogens is 468 g/mol. The van der Waals surface area contributed by atoms with Crippen molar-refractivity contribution >= 4 is 23.4 Å². The van der Waals surface area contributed by atoms with E-state index in [1.54, 1.807) is 24.3 Å². The number of rotatable bonds is 5. The molecule has 0 saturated carbocycles. The molecule has 2 aromatic carbocycles. The Morgan fingerprint density at radius 2 is 2.00 bits per heavy atom. The summed E-state index contributed by atoms with van der Waals surface area (Å²) in [6, 6.07) is 12.7. The average Bonchev–Trinajstić information content (AvgIpc) is 3.54. The molecule has 1 aromatic heterocycles. The first-order valence-electron chi connectivity index (χ1n) is 11.3. The van der Waals surface area contributed by atoms with Crippen molar-refractivity contribution in [1.82, 2.24) is 15.2 Å². The van der Waals surface area contributed by atoms with Crippen molar-refractivity contribution in [3.8, 4) is 6.57 Å². The second-order valence-electron chi connectivity index (χ2n) is 8.94. The molecule has 5 rings (SSSR count). The van der Waals surface area contributed by atoms with Gasteiger partial charge in [-0.25, -0.2) is 8.78 Å². The molecule has 0 unspecified atom stereocenters. The Morgan fingerprint density at radius 3 is 2.72 bits per heavy atom. The molecule has 10 heteroatoms. The summed E-state index contributed by atoms with van der Waals surface area (Å²) in [7, 11) is 0. The number of carbonyl (C=O) groups is 3. The molecule has 8 nitrogen and oxygen atoms in total. The summed E-state index contributed by atoms with van der Waals surface area (Å²) in [6.45, 7) is 5.64. The Morgan fingerprint density at radius 1 is 1.19 bits per heavy atom. The summed E-state index contributed by atoms with van der Waals surface area (Å²) < 4.78 is 27.9. The van der Waals surface area contributed by atoms with Gasteiger partial charge >= 0.3 is 6.17 Å². The van der Waals surface area contributed by atoms with Crippen LogP contribution in [0.3, 0.4) is 0 Å². The Bertz CT molecular complexity index is 1410. The number of H-pyrrole nitrogens is 1. The Hall–Kier alpha value is -4.52. The van der Waals surface area contributed by atoms with E-state index in [-0.39, 0.29) is 31.0 Å². The second kappa shape index (κ2) is 8.92. The topological polar surface area (TPSA) is 98.7 Å². The van der Waals surface area contributed by atoms with E-state index in [0.29, 0.717) is 11.3 Å². The molecular formula is C26H22F2N5O3+. The zero-order valence-electron chi connectivity index (χ0n) is 19.0. The van der Waals surface area contributed by atoms with Crippen molar-refractivity contribution in [3.05, 3.63) is 94.1 Å². The van der Waals surface area contributed by atoms with Gasteiger partial charge in [-0.3, -0.25) is 19.3 Å². The van der Waals surface area contributed by atoms with Crippen LogP contribution >= 0.6 is 0 Å². The highest BCUT2D eigenvalue weighted by molar-refractivity contribution is 6.07. The molecule has 3 atom stereocenters. The highest BCUT2D eigenvalue weighted by Gasteiger charge is 2.60. The molecule has 3 amide bonds. The van der Waals surface area contributed by atoms with Crippen LogP contribution in [0, 0.1) is 18.2 Å². The van der Waals surface area contributed by atoms with Crippen molar-refractivity contribution in [1.29, 1.82) is 0 Å². The van der Waals surface area contributed by atoms with E-state index in [9.17, 15) is 23.2 Å². The molecule has 0 aliphatic carbocycles. The van der Waals surface area contributed by atoms with Crippen molar-refractivity contribution in [2.24, 2.45) is 0 Å². The Labute approximate surface area is 205 Å². The van der Waals surface area contributed by atoms with Crippen LogP contribution in [-0.2, 0) is 21.4 Å². The summed E-state index contributed by atoms with van der Waals surface area (Å²) in [5.41, 5.74) is 0.435. The number of fused-ring (bicyclic) bond motifs is 2. The van der Waals surface area contributed by atoms with Crippen LogP contribution in [-0.4, -0.2) is 46.4 Å². The number of para-hydroxylation sites is 1. The summed E-state index contributed by atoms with van der Waals surface area (Å²) in [4.78, 5) is 47.4. The fourth-order valence-corrected chi connectivity index (χ4v) is 5.03. The maximum absolute atomic E-state index is 14.0. The van der Waals surface area contributed by atoms with E-state index < -0.39 is 41.1 Å². The van der Waals surface area contributed by atoms with E-state index in [2.05, 4.69) is 20.5 Å². The number of nitrogens with zero attached hydrogens (tertiary/aromatic N) is 2. The van der Waals surface area contributed by atoms with Gasteiger partial charge in [0.25, 0.3) is 18.4 Å². The number of aromatic amines is 1. The molecule has 3 heterocycles. The summed E-state index contributed by atoms with van der Waals surface area (Å²) in [5, 5.41) is 5.40. The minimum absolute atomic E-state index is 0.0214. The first kappa shape index (κ1) is 23.2. The van der Waals surface area contributed by atoms with Crippen LogP contribution in [0.2, 0.25) is 0 Å². The quantitative estimate of drug-likeness (QED) is 0.513. The normalized spacial score (nSPS) is 21.1. The molecule has 2 aliphatic rings. The van der Waals surface area contributed by atoms with Crippen molar-refractivity contribution in [3.63, 3.8) is 0 Å². The number of likely N-dealkylation sites (tertiary alicyclic amines) is 1. The van der Waals surface area contributed by atoms with Gasteiger partial charge in [-0.15, -0.1) is 0 Å². The maximum Gasteiger partial charge on any atom is 0.350 e. The SMILES string of the molecule is C#[N+][C@@H]1C[C@@]2(CN1C(=O)[C@H](Cc1cccc(F)c1)NC(=O)c1[nH]ccc1F)C(=O)Nc1ccccc12. The van der Waals surface area contributed by atoms with Crippen LogP contribution in [0.1, 0.15) is 28.0 Å². The predicted molar refractivity (Wildman–Crippen MR) is 127 cm³/mol. The number of hydrogen-bond donors (Lipinski definition) is 3. The second-order valence-corrected chi connectivity index (χ2v) is 8.94. The third-order valence-electron chi connectivity index (χ3n) is 6.77. The molecule has 1 spiro atoms. The van der Waals surface area contributed by atoms with Gasteiger partial charge in [0.1, 0.15) is 23.0 Å².